The van der Waals surface area contributed by atoms with E-state index in [1.807, 2.05) is 4.90 Å². The van der Waals surface area contributed by atoms with Crippen LogP contribution in [-0.4, -0.2) is 96.7 Å². The summed E-state index contributed by atoms with van der Waals surface area (Å²) in [5.41, 5.74) is 4.76. The van der Waals surface area contributed by atoms with E-state index in [0.717, 1.165) is 56.0 Å². The molecule has 4 aliphatic heterocycles. The first-order valence-electron chi connectivity index (χ1n) is 16.2. The predicted octanol–water partition coefficient (Wildman–Crippen LogP) is 3.13. The number of likely N-dealkylation sites (tertiary alicyclic amines) is 1. The number of fused-ring (bicyclic) bond motifs is 2. The van der Waals surface area contributed by atoms with Gasteiger partial charge in [-0.15, -0.1) is 0 Å². The van der Waals surface area contributed by atoms with Crippen LogP contribution >= 0.6 is 0 Å². The van der Waals surface area contributed by atoms with Crippen molar-refractivity contribution in [1.82, 2.24) is 25.1 Å². The standard InChI is InChI=1S/C34H42N8O2/c1-3-23-7-4-8-24-9-5-11-30(31(23)24)40-16-13-27-29(21-40)37-34(44-22-26-10-6-15-39(26)2)38-32(27)41-17-18-42(25(20-41)12-14-35)33(43)28-19-36-28/h4-5,7-9,11,25-26,28,36H,3,6,10,12-13,15-22H2,1-2H3/t25-,26-,28-/m0/s1. The second kappa shape index (κ2) is 12.2. The molecule has 7 rings (SSSR count). The molecule has 2 aromatic carbocycles. The number of amides is 1. The molecule has 10 heteroatoms. The lowest BCUT2D eigenvalue weighted by molar-refractivity contribution is -0.133. The van der Waals surface area contributed by atoms with Crippen LogP contribution in [0.1, 0.15) is 43.0 Å². The monoisotopic (exact) mass is 594 g/mol. The van der Waals surface area contributed by atoms with Crippen molar-refractivity contribution >= 4 is 28.2 Å². The Balaban J connectivity index is 1.21. The fourth-order valence-electron chi connectivity index (χ4n) is 7.29. The van der Waals surface area contributed by atoms with Gasteiger partial charge < -0.3 is 29.7 Å². The molecular weight excluding hydrogens is 552 g/mol. The number of likely N-dealkylation sites (N-methyl/N-ethyl adjacent to an activating group) is 1. The summed E-state index contributed by atoms with van der Waals surface area (Å²) in [4.78, 5) is 32.1. The quantitative estimate of drug-likeness (QED) is 0.393. The smallest absolute Gasteiger partial charge is 0.318 e. The number of rotatable bonds is 8. The molecule has 1 N–H and O–H groups in total. The lowest BCUT2D eigenvalue weighted by atomic mass is 9.98. The number of nitriles is 1. The van der Waals surface area contributed by atoms with Crippen molar-refractivity contribution in [2.45, 2.75) is 63.7 Å². The van der Waals surface area contributed by atoms with Crippen LogP contribution in [-0.2, 0) is 24.2 Å². The number of benzene rings is 2. The minimum Gasteiger partial charge on any atom is -0.462 e. The van der Waals surface area contributed by atoms with Gasteiger partial charge in [-0.3, -0.25) is 4.79 Å². The maximum Gasteiger partial charge on any atom is 0.318 e. The zero-order chi connectivity index (χ0) is 30.2. The van der Waals surface area contributed by atoms with Crippen molar-refractivity contribution < 1.29 is 9.53 Å². The second-order valence-corrected chi connectivity index (χ2v) is 12.6. The Labute approximate surface area is 259 Å². The van der Waals surface area contributed by atoms with Gasteiger partial charge in [-0.05, 0) is 56.3 Å². The van der Waals surface area contributed by atoms with Crippen LogP contribution in [0.15, 0.2) is 36.4 Å². The highest BCUT2D eigenvalue weighted by Gasteiger charge is 2.39. The number of carbonyl (C=O) groups excluding carboxylic acids is 1. The molecule has 0 aliphatic carbocycles. The van der Waals surface area contributed by atoms with Crippen LogP contribution in [0, 0.1) is 11.3 Å². The maximum absolute atomic E-state index is 13.0. The van der Waals surface area contributed by atoms with Gasteiger partial charge in [0, 0.05) is 55.4 Å². The summed E-state index contributed by atoms with van der Waals surface area (Å²) in [6.07, 6.45) is 4.39. The Bertz CT molecular complexity index is 1580. The van der Waals surface area contributed by atoms with Crippen molar-refractivity contribution in [3.63, 3.8) is 0 Å². The molecule has 0 saturated carbocycles. The number of piperazine rings is 1. The number of hydrogen-bond acceptors (Lipinski definition) is 9. The first-order valence-corrected chi connectivity index (χ1v) is 16.2. The molecule has 3 atom stereocenters. The molecular formula is C34H42N8O2. The van der Waals surface area contributed by atoms with Gasteiger partial charge in [0.2, 0.25) is 5.91 Å². The Morgan fingerprint density at radius 1 is 1.09 bits per heavy atom. The highest BCUT2D eigenvalue weighted by Crippen LogP contribution is 2.36. The van der Waals surface area contributed by atoms with Crippen molar-refractivity contribution in [3.05, 3.63) is 53.2 Å². The number of hydrogen-bond donors (Lipinski definition) is 1. The van der Waals surface area contributed by atoms with E-state index in [2.05, 4.69) is 76.5 Å². The van der Waals surface area contributed by atoms with E-state index in [1.54, 1.807) is 0 Å². The van der Waals surface area contributed by atoms with Crippen LogP contribution in [0.25, 0.3) is 10.8 Å². The van der Waals surface area contributed by atoms with Crippen LogP contribution in [0.5, 0.6) is 6.01 Å². The first-order chi connectivity index (χ1) is 21.5. The molecule has 0 radical (unpaired) electrons. The number of ether oxygens (including phenoxy) is 1. The van der Waals surface area contributed by atoms with Crippen LogP contribution in [0.4, 0.5) is 11.5 Å². The Morgan fingerprint density at radius 3 is 2.68 bits per heavy atom. The molecule has 230 valence electrons. The zero-order valence-corrected chi connectivity index (χ0v) is 25.8. The lowest BCUT2D eigenvalue weighted by Gasteiger charge is -2.42. The first kappa shape index (κ1) is 28.8. The minimum absolute atomic E-state index is 0.100. The number of nitrogens with one attached hydrogen (secondary N) is 1. The van der Waals surface area contributed by atoms with Crippen molar-refractivity contribution in [3.8, 4) is 12.1 Å². The molecule has 1 aromatic heterocycles. The topological polar surface area (TPSA) is 111 Å². The molecule has 1 amide bonds. The molecule has 3 saturated heterocycles. The third kappa shape index (κ3) is 5.55. The van der Waals surface area contributed by atoms with E-state index in [0.29, 0.717) is 51.3 Å². The van der Waals surface area contributed by atoms with Gasteiger partial charge in [0.15, 0.2) is 0 Å². The molecule has 3 fully saturated rings. The van der Waals surface area contributed by atoms with E-state index in [4.69, 9.17) is 14.7 Å². The summed E-state index contributed by atoms with van der Waals surface area (Å²) < 4.78 is 6.34. The normalized spacial score (nSPS) is 23.5. The third-order valence-corrected chi connectivity index (χ3v) is 9.89. The number of aromatic nitrogens is 2. The van der Waals surface area contributed by atoms with Crippen LogP contribution < -0.4 is 19.9 Å². The third-order valence-electron chi connectivity index (χ3n) is 9.89. The summed E-state index contributed by atoms with van der Waals surface area (Å²) in [5.74, 6) is 1.01. The van der Waals surface area contributed by atoms with Gasteiger partial charge >= 0.3 is 6.01 Å². The zero-order valence-electron chi connectivity index (χ0n) is 25.8. The largest absolute Gasteiger partial charge is 0.462 e. The van der Waals surface area contributed by atoms with Gasteiger partial charge in [0.25, 0.3) is 0 Å². The average molecular weight is 595 g/mol. The summed E-state index contributed by atoms with van der Waals surface area (Å²) in [7, 11) is 2.15. The molecule has 5 heterocycles. The van der Waals surface area contributed by atoms with Crippen molar-refractivity contribution in [1.29, 1.82) is 5.26 Å². The Kier molecular flexibility index (Phi) is 8.00. The van der Waals surface area contributed by atoms with Crippen molar-refractivity contribution in [2.24, 2.45) is 0 Å². The summed E-state index contributed by atoms with van der Waals surface area (Å²) in [5, 5.41) is 15.3. The maximum atomic E-state index is 13.0. The fraction of sp³-hybridized carbons (Fsp3) is 0.529. The molecule has 44 heavy (non-hydrogen) atoms. The number of carbonyl (C=O) groups is 1. The molecule has 0 bridgehead atoms. The molecule has 0 spiro atoms. The van der Waals surface area contributed by atoms with Gasteiger partial charge in [-0.1, -0.05) is 37.3 Å². The highest BCUT2D eigenvalue weighted by molar-refractivity contribution is 5.97. The molecule has 10 nitrogen and oxygen atoms in total. The molecule has 4 aliphatic rings. The van der Waals surface area contributed by atoms with E-state index in [9.17, 15) is 10.1 Å². The van der Waals surface area contributed by atoms with Gasteiger partial charge in [0.1, 0.15) is 12.4 Å². The fourth-order valence-corrected chi connectivity index (χ4v) is 7.29. The Morgan fingerprint density at radius 2 is 1.93 bits per heavy atom. The van der Waals surface area contributed by atoms with Gasteiger partial charge in [0.05, 0.1) is 36.8 Å². The van der Waals surface area contributed by atoms with E-state index in [-0.39, 0.29) is 18.0 Å². The van der Waals surface area contributed by atoms with Crippen LogP contribution in [0.3, 0.4) is 0 Å². The molecule has 3 aromatic rings. The highest BCUT2D eigenvalue weighted by atomic mass is 16.5. The number of nitrogens with zero attached hydrogens (tertiary/aromatic N) is 7. The van der Waals surface area contributed by atoms with E-state index in [1.165, 1.54) is 28.4 Å². The van der Waals surface area contributed by atoms with E-state index < -0.39 is 0 Å². The summed E-state index contributed by atoms with van der Waals surface area (Å²) >= 11 is 0. The van der Waals surface area contributed by atoms with Gasteiger partial charge in [-0.2, -0.15) is 15.2 Å². The number of anilines is 2. The SMILES string of the molecule is CCc1cccc2cccc(N3CCc4c(nc(OC[C@@H]5CCCN5C)nc4N4CCN(C(=O)[C@@H]5CN5)[C@@H](CC#N)C4)C3)c12. The van der Waals surface area contributed by atoms with Gasteiger partial charge in [-0.25, -0.2) is 0 Å². The second-order valence-electron chi connectivity index (χ2n) is 12.6. The summed E-state index contributed by atoms with van der Waals surface area (Å²) in [6, 6.07) is 16.0. The van der Waals surface area contributed by atoms with E-state index >= 15 is 0 Å². The Hall–Kier alpha value is -3.94. The number of aryl methyl sites for hydroxylation is 1. The minimum atomic E-state index is -0.172. The van der Waals surface area contributed by atoms with Crippen LogP contribution in [0.2, 0.25) is 0 Å². The average Bonchev–Trinajstić information content (AvgIpc) is 3.83. The summed E-state index contributed by atoms with van der Waals surface area (Å²) in [6.45, 7) is 7.95. The lowest BCUT2D eigenvalue weighted by Crippen LogP contribution is -2.57. The predicted molar refractivity (Wildman–Crippen MR) is 171 cm³/mol. The van der Waals surface area contributed by atoms with Crippen molar-refractivity contribution in [2.75, 3.05) is 62.7 Å². The molecule has 0 unspecified atom stereocenters.